The number of nitrogens with zero attached hydrogens (tertiary/aromatic N) is 3. The normalized spacial score (nSPS) is 14.9. The molecule has 0 fully saturated rings. The number of rotatable bonds is 5. The van der Waals surface area contributed by atoms with E-state index in [0.717, 1.165) is 17.1 Å². The van der Waals surface area contributed by atoms with Crippen molar-refractivity contribution in [3.63, 3.8) is 0 Å². The number of urea groups is 1. The highest BCUT2D eigenvalue weighted by Crippen LogP contribution is 2.42. The molecule has 1 atom stereocenters. The number of para-hydroxylation sites is 2. The van der Waals surface area contributed by atoms with Crippen LogP contribution in [0.25, 0.3) is 5.69 Å². The second-order valence-electron chi connectivity index (χ2n) is 7.53. The fourth-order valence-electron chi connectivity index (χ4n) is 3.94. The second kappa shape index (κ2) is 8.10. The van der Waals surface area contributed by atoms with E-state index in [-0.39, 0.29) is 24.5 Å². The molecule has 0 saturated heterocycles. The van der Waals surface area contributed by atoms with Gasteiger partial charge in [0.25, 0.3) is 0 Å². The lowest BCUT2D eigenvalue weighted by atomic mass is 10.0. The lowest BCUT2D eigenvalue weighted by Crippen LogP contribution is -2.51. The van der Waals surface area contributed by atoms with Gasteiger partial charge in [0.15, 0.2) is 0 Å². The minimum atomic E-state index is -0.416. The molecule has 7 heteroatoms. The molecule has 2 aromatic heterocycles. The molecule has 3 aromatic rings. The first-order valence-electron chi connectivity index (χ1n) is 10.2. The summed E-state index contributed by atoms with van der Waals surface area (Å²) in [5.74, 6) is 0.503. The van der Waals surface area contributed by atoms with Crippen LogP contribution in [0.4, 0.5) is 10.5 Å². The third-order valence-corrected chi connectivity index (χ3v) is 5.32. The fraction of sp³-hybridized carbons (Fsp3) is 0.304. The van der Waals surface area contributed by atoms with E-state index in [1.54, 1.807) is 16.1 Å². The molecule has 156 valence electrons. The summed E-state index contributed by atoms with van der Waals surface area (Å²) in [5, 5.41) is 2.80. The van der Waals surface area contributed by atoms with Gasteiger partial charge in [-0.15, -0.1) is 0 Å². The molecule has 0 aliphatic carbocycles. The average molecular weight is 406 g/mol. The number of anilines is 1. The minimum Gasteiger partial charge on any atom is -0.467 e. The van der Waals surface area contributed by atoms with E-state index in [1.807, 2.05) is 75.5 Å². The first-order valence-corrected chi connectivity index (χ1v) is 10.2. The molecule has 1 N–H and O–H groups in total. The van der Waals surface area contributed by atoms with Crippen LogP contribution in [0.3, 0.4) is 0 Å². The van der Waals surface area contributed by atoms with Crippen LogP contribution in [-0.2, 0) is 4.79 Å². The van der Waals surface area contributed by atoms with E-state index >= 15 is 0 Å². The van der Waals surface area contributed by atoms with Crippen LogP contribution in [0.15, 0.2) is 65.4 Å². The zero-order valence-corrected chi connectivity index (χ0v) is 17.4. The van der Waals surface area contributed by atoms with Crippen molar-refractivity contribution in [2.24, 2.45) is 0 Å². The van der Waals surface area contributed by atoms with Crippen molar-refractivity contribution in [1.29, 1.82) is 0 Å². The maximum Gasteiger partial charge on any atom is 0.318 e. The third-order valence-electron chi connectivity index (χ3n) is 5.32. The highest BCUT2D eigenvalue weighted by Gasteiger charge is 2.38. The summed E-state index contributed by atoms with van der Waals surface area (Å²) in [5.41, 5.74) is 2.64. The van der Waals surface area contributed by atoms with Gasteiger partial charge in [0.05, 0.1) is 23.3 Å². The van der Waals surface area contributed by atoms with Crippen LogP contribution in [-0.4, -0.2) is 40.5 Å². The Kier molecular flexibility index (Phi) is 5.35. The highest BCUT2D eigenvalue weighted by atomic mass is 16.3. The van der Waals surface area contributed by atoms with Crippen molar-refractivity contribution < 1.29 is 14.0 Å². The van der Waals surface area contributed by atoms with E-state index in [4.69, 9.17) is 4.42 Å². The maximum atomic E-state index is 13.7. The van der Waals surface area contributed by atoms with Gasteiger partial charge in [-0.2, -0.15) is 0 Å². The van der Waals surface area contributed by atoms with Crippen molar-refractivity contribution in [2.75, 3.05) is 18.0 Å². The molecule has 1 aliphatic heterocycles. The van der Waals surface area contributed by atoms with Gasteiger partial charge in [0, 0.05) is 18.8 Å². The fourth-order valence-corrected chi connectivity index (χ4v) is 3.94. The molecule has 0 bridgehead atoms. The summed E-state index contributed by atoms with van der Waals surface area (Å²) < 4.78 is 7.81. The van der Waals surface area contributed by atoms with E-state index < -0.39 is 6.04 Å². The summed E-state index contributed by atoms with van der Waals surface area (Å²) in [6.07, 6.45) is 3.60. The van der Waals surface area contributed by atoms with Crippen molar-refractivity contribution in [1.82, 2.24) is 14.8 Å². The minimum absolute atomic E-state index is 0.0320. The van der Waals surface area contributed by atoms with Crippen LogP contribution in [0.1, 0.15) is 38.3 Å². The smallest absolute Gasteiger partial charge is 0.318 e. The Morgan fingerprint density at radius 1 is 1.10 bits per heavy atom. The lowest BCUT2D eigenvalue weighted by molar-refractivity contribution is -0.120. The molecule has 0 radical (unpaired) electrons. The largest absolute Gasteiger partial charge is 0.467 e. The number of fused-ring (bicyclic) bond motifs is 3. The Morgan fingerprint density at radius 2 is 1.87 bits per heavy atom. The molecule has 0 spiro atoms. The van der Waals surface area contributed by atoms with Gasteiger partial charge in [-0.25, -0.2) is 4.79 Å². The maximum absolute atomic E-state index is 13.7. The molecular weight excluding hydrogens is 380 g/mol. The second-order valence-corrected chi connectivity index (χ2v) is 7.53. The first kappa shape index (κ1) is 19.8. The van der Waals surface area contributed by atoms with Gasteiger partial charge < -0.3 is 19.2 Å². The van der Waals surface area contributed by atoms with Gasteiger partial charge in [-0.1, -0.05) is 12.1 Å². The zero-order chi connectivity index (χ0) is 21.3. The summed E-state index contributed by atoms with van der Waals surface area (Å²) in [4.78, 5) is 29.5. The average Bonchev–Trinajstić information content (AvgIpc) is 3.42. The number of carbonyl (C=O) groups excluding carboxylic acids is 2. The lowest BCUT2D eigenvalue weighted by Gasteiger charge is -2.38. The van der Waals surface area contributed by atoms with E-state index in [2.05, 4.69) is 9.88 Å². The molecular formula is C23H26N4O3. The number of nitrogens with one attached hydrogen (secondary N) is 1. The highest BCUT2D eigenvalue weighted by molar-refractivity contribution is 6.00. The van der Waals surface area contributed by atoms with Gasteiger partial charge >= 0.3 is 6.03 Å². The summed E-state index contributed by atoms with van der Waals surface area (Å²) in [6.45, 7) is 6.14. The van der Waals surface area contributed by atoms with Crippen LogP contribution in [0.5, 0.6) is 0 Å². The number of hydrogen-bond acceptors (Lipinski definition) is 3. The predicted octanol–water partition coefficient (Wildman–Crippen LogP) is 3.95. The van der Waals surface area contributed by atoms with Crippen LogP contribution in [0.2, 0.25) is 0 Å². The monoisotopic (exact) mass is 406 g/mol. The topological polar surface area (TPSA) is 70.7 Å². The quantitative estimate of drug-likeness (QED) is 0.698. The molecule has 3 amide bonds. The zero-order valence-electron chi connectivity index (χ0n) is 17.4. The van der Waals surface area contributed by atoms with Crippen LogP contribution in [0, 0.1) is 0 Å². The molecule has 1 unspecified atom stereocenters. The molecule has 4 rings (SSSR count). The Balaban J connectivity index is 1.78. The Bertz CT molecular complexity index is 1040. The van der Waals surface area contributed by atoms with E-state index in [1.165, 1.54) is 0 Å². The molecule has 1 aromatic carbocycles. The molecule has 1 aliphatic rings. The van der Waals surface area contributed by atoms with Gasteiger partial charge in [-0.05, 0) is 57.2 Å². The standard InChI is InChI=1S/C23H26N4O3/c1-4-24-23(29)26(16(2)3)15-21(28)27-18-10-6-5-9-17(18)25-13-7-11-19(25)22(27)20-12-8-14-30-20/h5-14,16,22H,4,15H2,1-3H3,(H,24,29). The third kappa shape index (κ3) is 3.36. The number of aromatic nitrogens is 1. The number of furan rings is 1. The van der Waals surface area contributed by atoms with E-state index in [0.29, 0.717) is 12.3 Å². The SMILES string of the molecule is CCNC(=O)N(CC(=O)N1c2ccccc2-n2cccc2C1c1ccco1)C(C)C. The van der Waals surface area contributed by atoms with Crippen molar-refractivity contribution >= 4 is 17.6 Å². The molecule has 7 nitrogen and oxygen atoms in total. The predicted molar refractivity (Wildman–Crippen MR) is 115 cm³/mol. The summed E-state index contributed by atoms with van der Waals surface area (Å²) in [7, 11) is 0. The first-order chi connectivity index (χ1) is 14.5. The van der Waals surface area contributed by atoms with E-state index in [9.17, 15) is 9.59 Å². The van der Waals surface area contributed by atoms with Crippen molar-refractivity contribution in [3.05, 3.63) is 72.4 Å². The Labute approximate surface area is 175 Å². The van der Waals surface area contributed by atoms with Crippen molar-refractivity contribution in [2.45, 2.75) is 32.9 Å². The van der Waals surface area contributed by atoms with Crippen molar-refractivity contribution in [3.8, 4) is 5.69 Å². The molecule has 3 heterocycles. The van der Waals surface area contributed by atoms with Crippen LogP contribution < -0.4 is 10.2 Å². The Morgan fingerprint density at radius 3 is 2.53 bits per heavy atom. The number of carbonyl (C=O) groups is 2. The molecule has 30 heavy (non-hydrogen) atoms. The number of amides is 3. The summed E-state index contributed by atoms with van der Waals surface area (Å²) >= 11 is 0. The Hall–Kier alpha value is -3.48. The molecule has 0 saturated carbocycles. The number of hydrogen-bond donors (Lipinski definition) is 1. The van der Waals surface area contributed by atoms with Gasteiger partial charge in [0.2, 0.25) is 5.91 Å². The van der Waals surface area contributed by atoms with Crippen LogP contribution >= 0.6 is 0 Å². The van der Waals surface area contributed by atoms with Gasteiger partial charge in [-0.3, -0.25) is 9.69 Å². The summed E-state index contributed by atoms with van der Waals surface area (Å²) in [6, 6.07) is 14.7. The van der Waals surface area contributed by atoms with Gasteiger partial charge in [0.1, 0.15) is 18.3 Å². The number of benzene rings is 1.